The molecule has 0 saturated carbocycles. The van der Waals surface area contributed by atoms with E-state index in [1.807, 2.05) is 37.3 Å². The van der Waals surface area contributed by atoms with Crippen LogP contribution in [0.25, 0.3) is 5.69 Å². The molecule has 4 rings (SSSR count). The third-order valence-corrected chi connectivity index (χ3v) is 5.50. The van der Waals surface area contributed by atoms with Crippen molar-refractivity contribution in [1.82, 2.24) is 25.6 Å². The second-order valence-electron chi connectivity index (χ2n) is 8.14. The van der Waals surface area contributed by atoms with Gasteiger partial charge in [-0.3, -0.25) is 10.1 Å². The fourth-order valence-electron chi connectivity index (χ4n) is 3.66. The van der Waals surface area contributed by atoms with Crippen LogP contribution in [0.1, 0.15) is 34.9 Å². The van der Waals surface area contributed by atoms with Crippen molar-refractivity contribution in [3.8, 4) is 11.4 Å². The summed E-state index contributed by atoms with van der Waals surface area (Å²) in [7, 11) is 0. The van der Waals surface area contributed by atoms with Gasteiger partial charge in [-0.05, 0) is 55.5 Å². The molecule has 0 unspecified atom stereocenters. The number of carbonyl (C=O) groups excluding carboxylic acids is 1. The van der Waals surface area contributed by atoms with Crippen LogP contribution in [0.15, 0.2) is 78.9 Å². The summed E-state index contributed by atoms with van der Waals surface area (Å²) in [6, 6.07) is 22.4. The van der Waals surface area contributed by atoms with E-state index in [1.54, 1.807) is 36.4 Å². The zero-order chi connectivity index (χ0) is 26.0. The first-order valence-corrected chi connectivity index (χ1v) is 12.0. The van der Waals surface area contributed by atoms with Gasteiger partial charge in [0.15, 0.2) is 6.23 Å². The Hall–Kier alpha value is -4.28. The number of anilines is 1. The zero-order valence-electron chi connectivity index (χ0n) is 20.4. The van der Waals surface area contributed by atoms with Crippen LogP contribution in [-0.2, 0) is 6.61 Å². The van der Waals surface area contributed by atoms with Gasteiger partial charge in [0.05, 0.1) is 5.69 Å². The van der Waals surface area contributed by atoms with Crippen molar-refractivity contribution < 1.29 is 19.0 Å². The van der Waals surface area contributed by atoms with Gasteiger partial charge >= 0.3 is 0 Å². The number of aliphatic hydroxyl groups is 1. The Labute approximate surface area is 214 Å². The summed E-state index contributed by atoms with van der Waals surface area (Å²) in [5.41, 5.74) is 2.87. The average molecular weight is 505 g/mol. The number of hydrogen-bond donors (Lipinski definition) is 4. The lowest BCUT2D eigenvalue weighted by Gasteiger charge is -2.15. The summed E-state index contributed by atoms with van der Waals surface area (Å²) in [4.78, 5) is 12.1. The van der Waals surface area contributed by atoms with Gasteiger partial charge in [-0.15, -0.1) is 5.10 Å². The number of nitrogens with one attached hydrogen (secondary N) is 3. The monoisotopic (exact) mass is 504 g/mol. The molecule has 0 saturated heterocycles. The molecular weight excluding hydrogens is 475 g/mol. The number of aliphatic hydroxyl groups excluding tert-OH is 1. The summed E-state index contributed by atoms with van der Waals surface area (Å²) in [6.45, 7) is 3.39. The van der Waals surface area contributed by atoms with Crippen LogP contribution in [-0.4, -0.2) is 45.6 Å². The summed E-state index contributed by atoms with van der Waals surface area (Å²) >= 11 is 0. The first-order chi connectivity index (χ1) is 18.0. The minimum atomic E-state index is -1.12. The molecule has 4 N–H and O–H groups in total. The molecule has 1 amide bonds. The minimum absolute atomic E-state index is 0.0230. The topological polar surface area (TPSA) is 113 Å². The van der Waals surface area contributed by atoms with E-state index < -0.39 is 12.0 Å². The third kappa shape index (κ3) is 6.90. The highest BCUT2D eigenvalue weighted by molar-refractivity contribution is 5.94. The summed E-state index contributed by atoms with van der Waals surface area (Å²) in [5.74, 6) is -0.260. The van der Waals surface area contributed by atoms with E-state index in [-0.39, 0.29) is 18.2 Å². The number of para-hydroxylation sites is 1. The Morgan fingerprint density at radius 3 is 2.57 bits per heavy atom. The van der Waals surface area contributed by atoms with Gasteiger partial charge in [0, 0.05) is 37.0 Å². The molecule has 0 aliphatic heterocycles. The average Bonchev–Trinajstić information content (AvgIpc) is 3.35. The maximum atomic E-state index is 13.6. The van der Waals surface area contributed by atoms with Gasteiger partial charge in [-0.2, -0.15) is 0 Å². The molecule has 192 valence electrons. The fourth-order valence-corrected chi connectivity index (χ4v) is 3.66. The van der Waals surface area contributed by atoms with Crippen molar-refractivity contribution in [2.24, 2.45) is 0 Å². The standard InChI is InChI=1S/C27H29FN6O3/c1-2-29-26(35)19-11-13-22(14-12-19)34-24(18-37-23-10-6-7-20(28)17-23)25(32-33-34)27(36)31-16-15-30-21-8-4-3-5-9-21/h3-14,17,27,30-31,36H,2,15-16,18H2,1H3,(H,29,35)/t27-/m0/s1. The first-order valence-electron chi connectivity index (χ1n) is 12.0. The maximum absolute atomic E-state index is 13.6. The molecule has 0 fully saturated rings. The van der Waals surface area contributed by atoms with Crippen molar-refractivity contribution in [2.75, 3.05) is 25.0 Å². The van der Waals surface area contributed by atoms with Crippen molar-refractivity contribution in [3.05, 3.63) is 102 Å². The van der Waals surface area contributed by atoms with E-state index in [9.17, 15) is 14.3 Å². The molecule has 37 heavy (non-hydrogen) atoms. The second-order valence-corrected chi connectivity index (χ2v) is 8.14. The lowest BCUT2D eigenvalue weighted by atomic mass is 10.2. The highest BCUT2D eigenvalue weighted by Gasteiger charge is 2.22. The lowest BCUT2D eigenvalue weighted by Crippen LogP contribution is -2.28. The Bertz CT molecular complexity index is 1300. The second kappa shape index (κ2) is 12.6. The smallest absolute Gasteiger partial charge is 0.251 e. The van der Waals surface area contributed by atoms with Crippen molar-refractivity contribution >= 4 is 11.6 Å². The fraction of sp³-hybridized carbons (Fsp3) is 0.222. The highest BCUT2D eigenvalue weighted by atomic mass is 19.1. The van der Waals surface area contributed by atoms with Crippen LogP contribution in [0.4, 0.5) is 10.1 Å². The van der Waals surface area contributed by atoms with Crippen LogP contribution >= 0.6 is 0 Å². The number of aromatic nitrogens is 3. The van der Waals surface area contributed by atoms with Crippen LogP contribution in [0, 0.1) is 5.82 Å². The number of amides is 1. The molecule has 1 heterocycles. The van der Waals surface area contributed by atoms with E-state index in [4.69, 9.17) is 4.74 Å². The number of ether oxygens (including phenoxy) is 1. The number of carbonyl (C=O) groups is 1. The Morgan fingerprint density at radius 2 is 1.84 bits per heavy atom. The largest absolute Gasteiger partial charge is 0.487 e. The predicted molar refractivity (Wildman–Crippen MR) is 138 cm³/mol. The number of rotatable bonds is 12. The number of halogens is 1. The number of hydrogen-bond acceptors (Lipinski definition) is 7. The molecule has 0 radical (unpaired) electrons. The van der Waals surface area contributed by atoms with Gasteiger partial charge in [0.25, 0.3) is 5.91 Å². The van der Waals surface area contributed by atoms with E-state index in [0.717, 1.165) is 5.69 Å². The Kier molecular flexibility index (Phi) is 8.79. The van der Waals surface area contributed by atoms with Crippen LogP contribution < -0.4 is 20.7 Å². The Morgan fingerprint density at radius 1 is 1.05 bits per heavy atom. The van der Waals surface area contributed by atoms with Gasteiger partial charge in [0.1, 0.15) is 29.6 Å². The van der Waals surface area contributed by atoms with Crippen molar-refractivity contribution in [2.45, 2.75) is 19.8 Å². The van der Waals surface area contributed by atoms with Crippen LogP contribution in [0.3, 0.4) is 0 Å². The summed E-state index contributed by atoms with van der Waals surface area (Å²) in [5, 5.41) is 28.3. The molecule has 0 aliphatic carbocycles. The molecule has 1 aromatic heterocycles. The number of nitrogens with zero attached hydrogens (tertiary/aromatic N) is 3. The molecule has 0 aliphatic rings. The van der Waals surface area contributed by atoms with E-state index in [2.05, 4.69) is 26.3 Å². The lowest BCUT2D eigenvalue weighted by molar-refractivity contribution is 0.0955. The molecule has 4 aromatic rings. The molecular formula is C27H29FN6O3. The molecule has 1 atom stereocenters. The van der Waals surface area contributed by atoms with Gasteiger partial charge < -0.3 is 20.5 Å². The zero-order valence-corrected chi connectivity index (χ0v) is 20.4. The predicted octanol–water partition coefficient (Wildman–Crippen LogP) is 3.43. The molecule has 3 aromatic carbocycles. The van der Waals surface area contributed by atoms with Gasteiger partial charge in [-0.1, -0.05) is 29.5 Å². The van der Waals surface area contributed by atoms with E-state index >= 15 is 0 Å². The highest BCUT2D eigenvalue weighted by Crippen LogP contribution is 2.21. The van der Waals surface area contributed by atoms with Crippen LogP contribution in [0.2, 0.25) is 0 Å². The Balaban J connectivity index is 1.51. The molecule has 0 bridgehead atoms. The van der Waals surface area contributed by atoms with Crippen molar-refractivity contribution in [1.29, 1.82) is 0 Å². The SMILES string of the molecule is CCNC(=O)c1ccc(-n2nnc([C@H](O)NCCNc3ccccc3)c2COc2cccc(F)c2)cc1. The minimum Gasteiger partial charge on any atom is -0.487 e. The molecule has 0 spiro atoms. The van der Waals surface area contributed by atoms with E-state index in [1.165, 1.54) is 16.8 Å². The maximum Gasteiger partial charge on any atom is 0.251 e. The number of benzene rings is 3. The molecule has 10 heteroatoms. The van der Waals surface area contributed by atoms with Gasteiger partial charge in [0.2, 0.25) is 0 Å². The quantitative estimate of drug-likeness (QED) is 0.173. The van der Waals surface area contributed by atoms with Crippen LogP contribution in [0.5, 0.6) is 5.75 Å². The molecule has 9 nitrogen and oxygen atoms in total. The van der Waals surface area contributed by atoms with Crippen molar-refractivity contribution in [3.63, 3.8) is 0 Å². The first kappa shape index (κ1) is 25.8. The summed E-state index contributed by atoms with van der Waals surface area (Å²) in [6.07, 6.45) is -1.12. The third-order valence-electron chi connectivity index (χ3n) is 5.50. The van der Waals surface area contributed by atoms with E-state index in [0.29, 0.717) is 42.3 Å². The normalized spacial score (nSPS) is 11.6. The van der Waals surface area contributed by atoms with Gasteiger partial charge in [-0.25, -0.2) is 9.07 Å². The summed E-state index contributed by atoms with van der Waals surface area (Å²) < 4.78 is 21.0.